The van der Waals surface area contributed by atoms with E-state index in [4.69, 9.17) is 10.00 Å². The Bertz CT molecular complexity index is 514. The van der Waals surface area contributed by atoms with E-state index in [-0.39, 0.29) is 18.1 Å². The number of amides is 1. The van der Waals surface area contributed by atoms with Gasteiger partial charge in [0.1, 0.15) is 0 Å². The van der Waals surface area contributed by atoms with Crippen molar-refractivity contribution >= 4 is 11.6 Å². The maximum Gasteiger partial charge on any atom is 0.238 e. The van der Waals surface area contributed by atoms with Crippen LogP contribution in [0.15, 0.2) is 24.3 Å². The van der Waals surface area contributed by atoms with E-state index in [1.165, 1.54) is 0 Å². The molecule has 2 atom stereocenters. The molecule has 0 spiro atoms. The van der Waals surface area contributed by atoms with Crippen LogP contribution in [0.5, 0.6) is 0 Å². The van der Waals surface area contributed by atoms with Crippen molar-refractivity contribution < 1.29 is 9.53 Å². The molecular formula is C15H19N3O2. The highest BCUT2D eigenvalue weighted by atomic mass is 16.5. The van der Waals surface area contributed by atoms with Gasteiger partial charge in [-0.1, -0.05) is 6.07 Å². The molecule has 1 aliphatic rings. The number of carbonyl (C=O) groups excluding carboxylic acids is 1. The van der Waals surface area contributed by atoms with Crippen molar-refractivity contribution in [1.82, 2.24) is 4.90 Å². The Kier molecular flexibility index (Phi) is 4.72. The van der Waals surface area contributed by atoms with E-state index in [0.717, 1.165) is 13.1 Å². The van der Waals surface area contributed by atoms with Gasteiger partial charge in [0.25, 0.3) is 0 Å². The summed E-state index contributed by atoms with van der Waals surface area (Å²) in [6, 6.07) is 8.97. The van der Waals surface area contributed by atoms with Crippen LogP contribution in [0.2, 0.25) is 0 Å². The number of nitrogens with one attached hydrogen (secondary N) is 1. The molecule has 5 heteroatoms. The lowest BCUT2D eigenvalue weighted by Gasteiger charge is -2.34. The van der Waals surface area contributed by atoms with Crippen LogP contribution in [0.1, 0.15) is 19.4 Å². The van der Waals surface area contributed by atoms with E-state index < -0.39 is 0 Å². The summed E-state index contributed by atoms with van der Waals surface area (Å²) in [7, 11) is 0. The molecule has 0 saturated carbocycles. The molecule has 0 aromatic heterocycles. The number of benzene rings is 1. The summed E-state index contributed by atoms with van der Waals surface area (Å²) < 4.78 is 5.64. The summed E-state index contributed by atoms with van der Waals surface area (Å²) >= 11 is 0. The van der Waals surface area contributed by atoms with E-state index >= 15 is 0 Å². The molecule has 1 N–H and O–H groups in total. The second-order valence-corrected chi connectivity index (χ2v) is 5.19. The minimum Gasteiger partial charge on any atom is -0.373 e. The first kappa shape index (κ1) is 14.5. The number of rotatable bonds is 3. The Morgan fingerprint density at radius 2 is 2.15 bits per heavy atom. The number of anilines is 1. The SMILES string of the molecule is C[C@@H]1CN(CC(=O)Nc2cccc(C#N)c2)C[C@@H](C)O1. The molecule has 1 aliphatic heterocycles. The van der Waals surface area contributed by atoms with Crippen LogP contribution >= 0.6 is 0 Å². The van der Waals surface area contributed by atoms with E-state index in [0.29, 0.717) is 17.8 Å². The first-order valence-corrected chi connectivity index (χ1v) is 6.74. The zero-order valence-electron chi connectivity index (χ0n) is 11.8. The van der Waals surface area contributed by atoms with E-state index in [1.54, 1.807) is 24.3 Å². The number of hydrogen-bond donors (Lipinski definition) is 1. The Hall–Kier alpha value is -1.90. The van der Waals surface area contributed by atoms with Gasteiger partial charge in [-0.05, 0) is 32.0 Å². The summed E-state index contributed by atoms with van der Waals surface area (Å²) in [6.45, 7) is 5.88. The zero-order chi connectivity index (χ0) is 14.5. The molecule has 0 unspecified atom stereocenters. The van der Waals surface area contributed by atoms with Gasteiger partial charge in [0.15, 0.2) is 0 Å². The first-order valence-electron chi connectivity index (χ1n) is 6.74. The van der Waals surface area contributed by atoms with Gasteiger partial charge in [0.05, 0.1) is 30.4 Å². The molecule has 1 amide bonds. The van der Waals surface area contributed by atoms with Crippen LogP contribution in [-0.2, 0) is 9.53 Å². The lowest BCUT2D eigenvalue weighted by molar-refractivity contribution is -0.121. The first-order chi connectivity index (χ1) is 9.56. The lowest BCUT2D eigenvalue weighted by atomic mass is 10.2. The fraction of sp³-hybridized carbons (Fsp3) is 0.467. The Morgan fingerprint density at radius 3 is 2.80 bits per heavy atom. The van der Waals surface area contributed by atoms with Crippen molar-refractivity contribution in [3.63, 3.8) is 0 Å². The van der Waals surface area contributed by atoms with Gasteiger partial charge in [-0.15, -0.1) is 0 Å². The molecule has 0 aliphatic carbocycles. The van der Waals surface area contributed by atoms with Crippen LogP contribution in [0, 0.1) is 11.3 Å². The summed E-state index contributed by atoms with van der Waals surface area (Å²) in [5, 5.41) is 11.7. The third kappa shape index (κ3) is 4.05. The highest BCUT2D eigenvalue weighted by molar-refractivity contribution is 5.92. The number of morpholine rings is 1. The molecule has 1 aromatic carbocycles. The van der Waals surface area contributed by atoms with Crippen molar-refractivity contribution in [3.05, 3.63) is 29.8 Å². The molecule has 5 nitrogen and oxygen atoms in total. The van der Waals surface area contributed by atoms with Gasteiger partial charge in [0, 0.05) is 18.8 Å². The quantitative estimate of drug-likeness (QED) is 0.908. The molecular weight excluding hydrogens is 254 g/mol. The number of carbonyl (C=O) groups is 1. The Labute approximate surface area is 119 Å². The van der Waals surface area contributed by atoms with E-state index in [2.05, 4.69) is 16.3 Å². The number of nitrogens with zero attached hydrogens (tertiary/aromatic N) is 2. The van der Waals surface area contributed by atoms with Crippen molar-refractivity contribution in [2.45, 2.75) is 26.1 Å². The monoisotopic (exact) mass is 273 g/mol. The van der Waals surface area contributed by atoms with Gasteiger partial charge in [-0.25, -0.2) is 0 Å². The van der Waals surface area contributed by atoms with Gasteiger partial charge >= 0.3 is 0 Å². The summed E-state index contributed by atoms with van der Waals surface area (Å²) in [5.41, 5.74) is 1.19. The Balaban J connectivity index is 1.90. The maximum absolute atomic E-state index is 12.0. The van der Waals surface area contributed by atoms with Gasteiger partial charge in [0.2, 0.25) is 5.91 Å². The summed E-state index contributed by atoms with van der Waals surface area (Å²) in [5.74, 6) is -0.0682. The van der Waals surface area contributed by atoms with Gasteiger partial charge in [-0.2, -0.15) is 5.26 Å². The summed E-state index contributed by atoms with van der Waals surface area (Å²) in [4.78, 5) is 14.1. The van der Waals surface area contributed by atoms with E-state index in [9.17, 15) is 4.79 Å². The third-order valence-electron chi connectivity index (χ3n) is 3.14. The second-order valence-electron chi connectivity index (χ2n) is 5.19. The largest absolute Gasteiger partial charge is 0.373 e. The van der Waals surface area contributed by atoms with Crippen LogP contribution < -0.4 is 5.32 Å². The molecule has 1 aromatic rings. The van der Waals surface area contributed by atoms with Gasteiger partial charge < -0.3 is 10.1 Å². The van der Waals surface area contributed by atoms with Crippen molar-refractivity contribution in [2.24, 2.45) is 0 Å². The van der Waals surface area contributed by atoms with Crippen LogP contribution in [0.25, 0.3) is 0 Å². The van der Waals surface area contributed by atoms with Crippen LogP contribution in [-0.4, -0.2) is 42.6 Å². The van der Waals surface area contributed by atoms with Crippen LogP contribution in [0.4, 0.5) is 5.69 Å². The van der Waals surface area contributed by atoms with Gasteiger partial charge in [-0.3, -0.25) is 9.69 Å². The fourth-order valence-corrected chi connectivity index (χ4v) is 2.48. The molecule has 0 bridgehead atoms. The predicted molar refractivity (Wildman–Crippen MR) is 76.2 cm³/mol. The van der Waals surface area contributed by atoms with Crippen molar-refractivity contribution in [3.8, 4) is 6.07 Å². The molecule has 106 valence electrons. The minimum absolute atomic E-state index is 0.0682. The molecule has 1 saturated heterocycles. The molecule has 1 fully saturated rings. The normalized spacial score (nSPS) is 23.1. The lowest BCUT2D eigenvalue weighted by Crippen LogP contribution is -2.48. The minimum atomic E-state index is -0.0682. The standard InChI is InChI=1S/C15H19N3O2/c1-11-8-18(9-12(2)20-11)10-15(19)17-14-5-3-4-13(6-14)7-16/h3-6,11-12H,8-10H2,1-2H3,(H,17,19)/t11-,12-/m1/s1. The number of nitriles is 1. The average Bonchev–Trinajstić information content (AvgIpc) is 2.37. The number of ether oxygens (including phenoxy) is 1. The molecule has 20 heavy (non-hydrogen) atoms. The fourth-order valence-electron chi connectivity index (χ4n) is 2.48. The molecule has 2 rings (SSSR count). The highest BCUT2D eigenvalue weighted by Gasteiger charge is 2.23. The average molecular weight is 273 g/mol. The molecule has 1 heterocycles. The van der Waals surface area contributed by atoms with Crippen LogP contribution in [0.3, 0.4) is 0 Å². The topological polar surface area (TPSA) is 65.4 Å². The number of hydrogen-bond acceptors (Lipinski definition) is 4. The second kappa shape index (κ2) is 6.51. The van der Waals surface area contributed by atoms with Crippen molar-refractivity contribution in [2.75, 3.05) is 25.0 Å². The summed E-state index contributed by atoms with van der Waals surface area (Å²) in [6.07, 6.45) is 0.293. The smallest absolute Gasteiger partial charge is 0.238 e. The predicted octanol–water partition coefficient (Wildman–Crippen LogP) is 1.61. The molecule has 0 radical (unpaired) electrons. The van der Waals surface area contributed by atoms with Crippen molar-refractivity contribution in [1.29, 1.82) is 5.26 Å². The van der Waals surface area contributed by atoms with E-state index in [1.807, 2.05) is 13.8 Å². The Morgan fingerprint density at radius 1 is 1.45 bits per heavy atom. The third-order valence-corrected chi connectivity index (χ3v) is 3.14. The maximum atomic E-state index is 12.0. The highest BCUT2D eigenvalue weighted by Crippen LogP contribution is 2.12. The zero-order valence-corrected chi connectivity index (χ0v) is 11.8.